The molecule has 0 saturated carbocycles. The predicted octanol–water partition coefficient (Wildman–Crippen LogP) is 3.22. The number of rotatable bonds is 9. The Morgan fingerprint density at radius 3 is 2.29 bits per heavy atom. The molecule has 2 heterocycles. The molecule has 1 saturated heterocycles. The molecule has 11 nitrogen and oxygen atoms in total. The van der Waals surface area contributed by atoms with E-state index in [1.54, 1.807) is 11.4 Å². The van der Waals surface area contributed by atoms with Gasteiger partial charge in [0.15, 0.2) is 6.61 Å². The number of benzene rings is 2. The molecule has 0 spiro atoms. The second-order valence-corrected chi connectivity index (χ2v) is 13.2. The van der Waals surface area contributed by atoms with Crippen LogP contribution in [0.3, 0.4) is 0 Å². The summed E-state index contributed by atoms with van der Waals surface area (Å²) in [5.74, 6) is -2.20. The first-order valence-corrected chi connectivity index (χ1v) is 15.3. The van der Waals surface area contributed by atoms with Crippen LogP contribution in [0.2, 0.25) is 0 Å². The van der Waals surface area contributed by atoms with Crippen LogP contribution in [0.25, 0.3) is 0 Å². The highest BCUT2D eigenvalue weighted by Gasteiger charge is 2.26. The van der Waals surface area contributed by atoms with Crippen molar-refractivity contribution in [1.82, 2.24) is 4.31 Å². The Hall–Kier alpha value is -3.46. The summed E-state index contributed by atoms with van der Waals surface area (Å²) in [6.45, 7) is 0.258. The van der Waals surface area contributed by atoms with Crippen molar-refractivity contribution in [3.63, 3.8) is 0 Å². The lowest BCUT2D eigenvalue weighted by Crippen LogP contribution is -2.35. The van der Waals surface area contributed by atoms with Crippen LogP contribution in [-0.4, -0.2) is 57.8 Å². The molecule has 0 radical (unpaired) electrons. The van der Waals surface area contributed by atoms with Gasteiger partial charge in [0.2, 0.25) is 10.0 Å². The van der Waals surface area contributed by atoms with Gasteiger partial charge in [-0.25, -0.2) is 21.6 Å². The van der Waals surface area contributed by atoms with Crippen molar-refractivity contribution in [2.24, 2.45) is 0 Å². The molecule has 0 atom stereocenters. The number of sulfonamides is 2. The fraction of sp³-hybridized carbons (Fsp3) is 0.250. The van der Waals surface area contributed by atoms with E-state index in [-0.39, 0.29) is 20.4 Å². The first-order chi connectivity index (χ1) is 18.1. The summed E-state index contributed by atoms with van der Waals surface area (Å²) in [4.78, 5) is 24.9. The van der Waals surface area contributed by atoms with Gasteiger partial charge in [0.1, 0.15) is 15.5 Å². The molecule has 2 aromatic carbocycles. The SMILES string of the molecule is O=C(COC(=O)c1cc(NS(=O)(=O)c2cccs2)ccc1O)Nc1ccc(S(=O)(=O)N2CCCCC2)cc1. The quantitative estimate of drug-likeness (QED) is 0.257. The van der Waals surface area contributed by atoms with Gasteiger partial charge >= 0.3 is 5.97 Å². The van der Waals surface area contributed by atoms with Gasteiger partial charge in [-0.05, 0) is 66.8 Å². The van der Waals surface area contributed by atoms with Crippen molar-refractivity contribution in [2.75, 3.05) is 29.7 Å². The van der Waals surface area contributed by atoms with Gasteiger partial charge in [-0.2, -0.15) is 4.31 Å². The van der Waals surface area contributed by atoms with Crippen molar-refractivity contribution >= 4 is 54.6 Å². The van der Waals surface area contributed by atoms with Gasteiger partial charge in [-0.1, -0.05) is 12.5 Å². The third-order valence-corrected chi connectivity index (χ3v) is 10.3. The number of nitrogens with zero attached hydrogens (tertiary/aromatic N) is 1. The molecule has 0 unspecified atom stereocenters. The van der Waals surface area contributed by atoms with Gasteiger partial charge in [0.25, 0.3) is 15.9 Å². The highest BCUT2D eigenvalue weighted by molar-refractivity contribution is 7.94. The summed E-state index contributed by atoms with van der Waals surface area (Å²) in [6.07, 6.45) is 2.64. The first-order valence-electron chi connectivity index (χ1n) is 11.5. The molecule has 1 amide bonds. The van der Waals surface area contributed by atoms with Crippen molar-refractivity contribution in [3.05, 3.63) is 65.5 Å². The Morgan fingerprint density at radius 1 is 0.947 bits per heavy atom. The smallest absolute Gasteiger partial charge is 0.342 e. The number of carbonyl (C=O) groups excluding carboxylic acids is 2. The van der Waals surface area contributed by atoms with Gasteiger partial charge in [-0.15, -0.1) is 11.3 Å². The minimum Gasteiger partial charge on any atom is -0.507 e. The third kappa shape index (κ3) is 6.51. The summed E-state index contributed by atoms with van der Waals surface area (Å²) < 4.78 is 59.1. The van der Waals surface area contributed by atoms with Crippen LogP contribution in [0.1, 0.15) is 29.6 Å². The maximum atomic E-state index is 12.7. The predicted molar refractivity (Wildman–Crippen MR) is 141 cm³/mol. The average molecular weight is 580 g/mol. The lowest BCUT2D eigenvalue weighted by atomic mass is 10.2. The molecule has 1 aliphatic rings. The second-order valence-electron chi connectivity index (χ2n) is 8.38. The number of ether oxygens (including phenoxy) is 1. The Kier molecular flexibility index (Phi) is 8.35. The number of piperidine rings is 1. The summed E-state index contributed by atoms with van der Waals surface area (Å²) in [5, 5.41) is 14.1. The van der Waals surface area contributed by atoms with Gasteiger partial charge in [-0.3, -0.25) is 9.52 Å². The van der Waals surface area contributed by atoms with Gasteiger partial charge < -0.3 is 15.2 Å². The molecule has 202 valence electrons. The van der Waals surface area contributed by atoms with E-state index in [0.29, 0.717) is 18.8 Å². The van der Waals surface area contributed by atoms with E-state index in [0.717, 1.165) is 42.7 Å². The molecule has 0 aliphatic carbocycles. The Balaban J connectivity index is 1.34. The minimum absolute atomic E-state index is 0.0206. The minimum atomic E-state index is -3.87. The molecule has 3 aromatic rings. The molecule has 1 aliphatic heterocycles. The number of hydrogen-bond acceptors (Lipinski definition) is 9. The van der Waals surface area contributed by atoms with Crippen LogP contribution in [0, 0.1) is 0 Å². The number of thiophene rings is 1. The number of esters is 1. The molecule has 38 heavy (non-hydrogen) atoms. The van der Waals surface area contributed by atoms with Crippen molar-refractivity contribution in [2.45, 2.75) is 28.4 Å². The standard InChI is InChI=1S/C24H25N3O8S3/c28-21-11-8-18(26-37(31,32)23-5-4-14-36-23)15-20(21)24(30)35-16-22(29)25-17-6-9-19(10-7-17)38(33,34)27-12-2-1-3-13-27/h4-11,14-15,26,28H,1-3,12-13,16H2,(H,25,29). The zero-order valence-corrected chi connectivity index (χ0v) is 22.4. The van der Waals surface area contributed by atoms with Crippen LogP contribution in [0.5, 0.6) is 5.75 Å². The van der Waals surface area contributed by atoms with E-state index in [2.05, 4.69) is 10.0 Å². The Bertz CT molecular complexity index is 1510. The maximum absolute atomic E-state index is 12.7. The number of nitrogens with one attached hydrogen (secondary N) is 2. The maximum Gasteiger partial charge on any atom is 0.342 e. The summed E-state index contributed by atoms with van der Waals surface area (Å²) in [7, 11) is -7.48. The van der Waals surface area contributed by atoms with Crippen LogP contribution in [0.4, 0.5) is 11.4 Å². The van der Waals surface area contributed by atoms with Crippen LogP contribution < -0.4 is 10.0 Å². The van der Waals surface area contributed by atoms with Crippen LogP contribution in [-0.2, 0) is 29.6 Å². The van der Waals surface area contributed by atoms with Crippen molar-refractivity contribution in [1.29, 1.82) is 0 Å². The van der Waals surface area contributed by atoms with Crippen molar-refractivity contribution in [3.8, 4) is 5.75 Å². The number of amides is 1. The topological polar surface area (TPSA) is 159 Å². The largest absolute Gasteiger partial charge is 0.507 e. The fourth-order valence-corrected chi connectivity index (χ4v) is 7.31. The van der Waals surface area contributed by atoms with E-state index in [9.17, 15) is 31.5 Å². The summed E-state index contributed by atoms with van der Waals surface area (Å²) >= 11 is 1.02. The molecule has 1 fully saturated rings. The number of phenolic OH excluding ortho intramolecular Hbond substituents is 1. The highest BCUT2D eigenvalue weighted by Crippen LogP contribution is 2.26. The van der Waals surface area contributed by atoms with Crippen molar-refractivity contribution < 1.29 is 36.3 Å². The van der Waals surface area contributed by atoms with Crippen LogP contribution in [0.15, 0.2) is 69.1 Å². The molecule has 3 N–H and O–H groups in total. The normalized spacial score (nSPS) is 14.5. The second kappa shape index (κ2) is 11.5. The Morgan fingerprint density at radius 2 is 1.63 bits per heavy atom. The molecule has 4 rings (SSSR count). The van der Waals surface area contributed by atoms with Crippen LogP contribution >= 0.6 is 11.3 Å². The molecular weight excluding hydrogens is 554 g/mol. The number of hydrogen-bond donors (Lipinski definition) is 3. The first kappa shape index (κ1) is 27.6. The Labute approximate surface area is 224 Å². The molecular formula is C24H25N3O8S3. The number of aromatic hydroxyl groups is 1. The third-order valence-electron chi connectivity index (χ3n) is 5.65. The van der Waals surface area contributed by atoms with E-state index in [4.69, 9.17) is 4.74 Å². The number of carbonyl (C=O) groups is 2. The molecule has 1 aromatic heterocycles. The molecule has 0 bridgehead atoms. The molecule has 14 heteroatoms. The average Bonchev–Trinajstić information content (AvgIpc) is 3.46. The summed E-state index contributed by atoms with van der Waals surface area (Å²) in [6, 6.07) is 12.2. The van der Waals surface area contributed by atoms with Gasteiger partial charge in [0.05, 0.1) is 4.90 Å². The van der Waals surface area contributed by atoms with E-state index < -0.39 is 44.3 Å². The number of phenols is 1. The monoisotopic (exact) mass is 579 g/mol. The fourth-order valence-electron chi connectivity index (χ4n) is 3.76. The zero-order chi connectivity index (χ0) is 27.3. The van der Waals surface area contributed by atoms with E-state index >= 15 is 0 Å². The van der Waals surface area contributed by atoms with E-state index in [1.165, 1.54) is 40.7 Å². The zero-order valence-electron chi connectivity index (χ0n) is 20.0. The van der Waals surface area contributed by atoms with E-state index in [1.807, 2.05) is 0 Å². The van der Waals surface area contributed by atoms with Gasteiger partial charge in [0, 0.05) is 24.5 Å². The lowest BCUT2D eigenvalue weighted by molar-refractivity contribution is -0.119. The summed E-state index contributed by atoms with van der Waals surface area (Å²) in [5.41, 5.74) is -0.0138. The highest BCUT2D eigenvalue weighted by atomic mass is 32.2. The number of anilines is 2. The lowest BCUT2D eigenvalue weighted by Gasteiger charge is -2.25.